The molecule has 2 aromatic carbocycles. The Bertz CT molecular complexity index is 890. The highest BCUT2D eigenvalue weighted by Gasteiger charge is 2.34. The van der Waals surface area contributed by atoms with Gasteiger partial charge in [-0.15, -0.1) is 11.8 Å². The lowest BCUT2D eigenvalue weighted by molar-refractivity contribution is -0.170. The predicted molar refractivity (Wildman–Crippen MR) is 119 cm³/mol. The second-order valence-electron chi connectivity index (χ2n) is 8.11. The molecule has 2 rings (SSSR count). The van der Waals surface area contributed by atoms with Crippen LogP contribution in [0.15, 0.2) is 59.5 Å². The Morgan fingerprint density at radius 2 is 1.62 bits per heavy atom. The van der Waals surface area contributed by atoms with Crippen LogP contribution in [0.5, 0.6) is 5.75 Å². The lowest BCUT2D eigenvalue weighted by atomic mass is 10.1. The molecule has 0 saturated carbocycles. The molecular formula is C24H28O4S. The third-order valence-corrected chi connectivity index (χ3v) is 4.67. The molecule has 5 heteroatoms. The van der Waals surface area contributed by atoms with E-state index in [2.05, 4.69) is 0 Å². The second kappa shape index (κ2) is 9.31. The van der Waals surface area contributed by atoms with Gasteiger partial charge in [-0.2, -0.15) is 0 Å². The molecule has 29 heavy (non-hydrogen) atoms. The molecule has 2 aromatic rings. The minimum atomic E-state index is -1.13. The maximum absolute atomic E-state index is 12.4. The van der Waals surface area contributed by atoms with E-state index in [1.54, 1.807) is 43.8 Å². The van der Waals surface area contributed by atoms with Crippen molar-refractivity contribution in [1.82, 2.24) is 0 Å². The van der Waals surface area contributed by atoms with Crippen LogP contribution in [-0.4, -0.2) is 29.2 Å². The number of hydrogen-bond donors (Lipinski definition) is 0. The van der Waals surface area contributed by atoms with Crippen molar-refractivity contribution in [2.75, 3.05) is 6.26 Å². The Morgan fingerprint density at radius 3 is 2.21 bits per heavy atom. The van der Waals surface area contributed by atoms with Crippen LogP contribution in [0.1, 0.15) is 50.5 Å². The average molecular weight is 413 g/mol. The van der Waals surface area contributed by atoms with Crippen molar-refractivity contribution in [1.29, 1.82) is 0 Å². The Labute approximate surface area is 177 Å². The van der Waals surface area contributed by atoms with Gasteiger partial charge < -0.3 is 9.47 Å². The fourth-order valence-corrected chi connectivity index (χ4v) is 2.85. The van der Waals surface area contributed by atoms with Crippen molar-refractivity contribution in [3.05, 3.63) is 65.7 Å². The van der Waals surface area contributed by atoms with Gasteiger partial charge in [0.25, 0.3) is 0 Å². The zero-order valence-corrected chi connectivity index (χ0v) is 18.6. The molecule has 0 aliphatic rings. The zero-order valence-electron chi connectivity index (χ0n) is 17.8. The van der Waals surface area contributed by atoms with Gasteiger partial charge in [-0.1, -0.05) is 18.2 Å². The monoisotopic (exact) mass is 412 g/mol. The average Bonchev–Trinajstić information content (AvgIpc) is 2.65. The van der Waals surface area contributed by atoms with Gasteiger partial charge in [0.15, 0.2) is 11.4 Å². The lowest BCUT2D eigenvalue weighted by Gasteiger charge is -2.29. The smallest absolute Gasteiger partial charge is 0.350 e. The van der Waals surface area contributed by atoms with Crippen LogP contribution in [0.2, 0.25) is 0 Å². The number of ether oxygens (including phenoxy) is 2. The van der Waals surface area contributed by atoms with Crippen molar-refractivity contribution < 1.29 is 19.1 Å². The lowest BCUT2D eigenvalue weighted by Crippen LogP contribution is -2.43. The van der Waals surface area contributed by atoms with Gasteiger partial charge in [0, 0.05) is 10.5 Å². The maximum Gasteiger partial charge on any atom is 0.350 e. The predicted octanol–water partition coefficient (Wildman–Crippen LogP) is 5.80. The van der Waals surface area contributed by atoms with Crippen molar-refractivity contribution in [2.45, 2.75) is 50.7 Å². The summed E-state index contributed by atoms with van der Waals surface area (Å²) in [6.45, 7) is 8.80. The first-order chi connectivity index (χ1) is 13.5. The van der Waals surface area contributed by atoms with E-state index in [1.807, 2.05) is 63.4 Å². The standard InChI is InChI=1S/C24H28O4S/c1-23(2,3)28-22(26)24(4,5)27-19-9-7-8-17(16-19)10-15-21(25)18-11-13-20(29-6)14-12-18/h7-16H,1-6H3/b15-10+. The molecule has 0 aromatic heterocycles. The number of carbonyl (C=O) groups is 2. The summed E-state index contributed by atoms with van der Waals surface area (Å²) < 4.78 is 11.3. The van der Waals surface area contributed by atoms with Gasteiger partial charge in [0.2, 0.25) is 0 Å². The topological polar surface area (TPSA) is 52.6 Å². The second-order valence-corrected chi connectivity index (χ2v) is 8.99. The molecule has 0 radical (unpaired) electrons. The minimum absolute atomic E-state index is 0.0712. The van der Waals surface area contributed by atoms with Crippen molar-refractivity contribution in [3.8, 4) is 5.75 Å². The van der Waals surface area contributed by atoms with Gasteiger partial charge in [-0.3, -0.25) is 4.79 Å². The molecule has 0 amide bonds. The number of esters is 1. The summed E-state index contributed by atoms with van der Waals surface area (Å²) >= 11 is 1.63. The third-order valence-electron chi connectivity index (χ3n) is 3.92. The molecule has 0 aliphatic heterocycles. The van der Waals surface area contributed by atoms with Gasteiger partial charge in [-0.05, 0) is 88.9 Å². The van der Waals surface area contributed by atoms with Gasteiger partial charge in [0.05, 0.1) is 0 Å². The summed E-state index contributed by atoms with van der Waals surface area (Å²) in [5.74, 6) is 0.0210. The number of carbonyl (C=O) groups excluding carboxylic acids is 2. The molecule has 0 N–H and O–H groups in total. The SMILES string of the molecule is CSc1ccc(C(=O)/C=C/c2cccc(OC(C)(C)C(=O)OC(C)(C)C)c2)cc1. The van der Waals surface area contributed by atoms with E-state index in [9.17, 15) is 9.59 Å². The first kappa shape index (κ1) is 22.8. The summed E-state index contributed by atoms with van der Waals surface area (Å²) in [6.07, 6.45) is 5.26. The first-order valence-electron chi connectivity index (χ1n) is 9.39. The van der Waals surface area contributed by atoms with Gasteiger partial charge >= 0.3 is 5.97 Å². The normalized spacial score (nSPS) is 12.1. The van der Waals surface area contributed by atoms with Crippen LogP contribution in [0.25, 0.3) is 6.08 Å². The zero-order chi connectivity index (χ0) is 21.7. The fourth-order valence-electron chi connectivity index (χ4n) is 2.44. The molecule has 4 nitrogen and oxygen atoms in total. The molecule has 0 aliphatic carbocycles. The Balaban J connectivity index is 2.09. The minimum Gasteiger partial charge on any atom is -0.476 e. The molecule has 0 heterocycles. The van der Waals surface area contributed by atoms with E-state index in [1.165, 1.54) is 6.08 Å². The highest BCUT2D eigenvalue weighted by Crippen LogP contribution is 2.23. The summed E-state index contributed by atoms with van der Waals surface area (Å²) in [6, 6.07) is 14.7. The molecule has 0 spiro atoms. The quantitative estimate of drug-likeness (QED) is 0.249. The molecule has 0 bridgehead atoms. The Hall–Kier alpha value is -2.53. The highest BCUT2D eigenvalue weighted by atomic mass is 32.2. The van der Waals surface area contributed by atoms with Crippen molar-refractivity contribution >= 4 is 29.6 Å². The summed E-state index contributed by atoms with van der Waals surface area (Å²) in [5.41, 5.74) is -0.282. The summed E-state index contributed by atoms with van der Waals surface area (Å²) in [4.78, 5) is 25.9. The number of benzene rings is 2. The molecule has 0 atom stereocenters. The van der Waals surface area contributed by atoms with Crippen LogP contribution in [0.4, 0.5) is 0 Å². The molecule has 0 saturated heterocycles. The highest BCUT2D eigenvalue weighted by molar-refractivity contribution is 7.98. The van der Waals surface area contributed by atoms with E-state index in [-0.39, 0.29) is 5.78 Å². The largest absolute Gasteiger partial charge is 0.476 e. The summed E-state index contributed by atoms with van der Waals surface area (Å²) in [5, 5.41) is 0. The van der Waals surface area contributed by atoms with E-state index >= 15 is 0 Å². The van der Waals surface area contributed by atoms with Crippen molar-refractivity contribution in [3.63, 3.8) is 0 Å². The number of rotatable bonds is 7. The number of thioether (sulfide) groups is 1. The van der Waals surface area contributed by atoms with Crippen LogP contribution >= 0.6 is 11.8 Å². The Kier molecular flexibility index (Phi) is 7.31. The third kappa shape index (κ3) is 7.09. The maximum atomic E-state index is 12.4. The molecule has 154 valence electrons. The van der Waals surface area contributed by atoms with Crippen LogP contribution < -0.4 is 4.74 Å². The fraction of sp³-hybridized carbons (Fsp3) is 0.333. The van der Waals surface area contributed by atoms with Crippen LogP contribution in [0, 0.1) is 0 Å². The number of allylic oxidation sites excluding steroid dienone is 1. The van der Waals surface area contributed by atoms with Crippen molar-refractivity contribution in [2.24, 2.45) is 0 Å². The Morgan fingerprint density at radius 1 is 0.966 bits per heavy atom. The van der Waals surface area contributed by atoms with E-state index in [4.69, 9.17) is 9.47 Å². The van der Waals surface area contributed by atoms with Gasteiger partial charge in [0.1, 0.15) is 11.4 Å². The van der Waals surface area contributed by atoms with Gasteiger partial charge in [-0.25, -0.2) is 4.79 Å². The van der Waals surface area contributed by atoms with E-state index in [0.717, 1.165) is 10.5 Å². The molecule has 0 fully saturated rings. The number of ketones is 1. The van der Waals surface area contributed by atoms with Crippen LogP contribution in [-0.2, 0) is 9.53 Å². The molecule has 0 unspecified atom stereocenters. The number of hydrogen-bond acceptors (Lipinski definition) is 5. The molecular weight excluding hydrogens is 384 g/mol. The first-order valence-corrected chi connectivity index (χ1v) is 10.6. The summed E-state index contributed by atoms with van der Waals surface area (Å²) in [7, 11) is 0. The van der Waals surface area contributed by atoms with E-state index < -0.39 is 17.2 Å². The van der Waals surface area contributed by atoms with Crippen LogP contribution in [0.3, 0.4) is 0 Å². The van der Waals surface area contributed by atoms with E-state index in [0.29, 0.717) is 11.3 Å².